The van der Waals surface area contributed by atoms with Crippen LogP contribution in [-0.2, 0) is 0 Å². The van der Waals surface area contributed by atoms with E-state index in [9.17, 15) is 0 Å². The number of aromatic nitrogens is 6. The minimum atomic E-state index is 0.170. The molecule has 0 amide bonds. The fourth-order valence-electron chi connectivity index (χ4n) is 3.27. The lowest BCUT2D eigenvalue weighted by Crippen LogP contribution is -2.20. The Morgan fingerprint density at radius 3 is 2.85 bits per heavy atom. The summed E-state index contributed by atoms with van der Waals surface area (Å²) in [4.78, 5) is 17.2. The van der Waals surface area contributed by atoms with Crippen molar-refractivity contribution in [3.63, 3.8) is 0 Å². The molecule has 0 aliphatic heterocycles. The molecule has 0 aromatic carbocycles. The lowest BCUT2D eigenvalue weighted by atomic mass is 9.97. The van der Waals surface area contributed by atoms with E-state index in [4.69, 9.17) is 4.98 Å². The van der Waals surface area contributed by atoms with Crippen molar-refractivity contribution in [3.8, 4) is 11.3 Å². The van der Waals surface area contributed by atoms with Gasteiger partial charge in [0, 0.05) is 41.6 Å². The highest BCUT2D eigenvalue weighted by molar-refractivity contribution is 5.92. The zero-order valence-corrected chi connectivity index (χ0v) is 15.8. The monoisotopic (exact) mass is 361 g/mol. The van der Waals surface area contributed by atoms with Crippen LogP contribution in [0, 0.1) is 5.41 Å². The first-order valence-corrected chi connectivity index (χ1v) is 9.41. The van der Waals surface area contributed by atoms with E-state index in [-0.39, 0.29) is 5.41 Å². The van der Waals surface area contributed by atoms with E-state index in [1.54, 1.807) is 0 Å². The topological polar surface area (TPSA) is 83.8 Å². The molecule has 27 heavy (non-hydrogen) atoms. The minimum Gasteiger partial charge on any atom is -0.354 e. The minimum absolute atomic E-state index is 0.170. The maximum absolute atomic E-state index is 4.89. The molecule has 2 N–H and O–H groups in total. The van der Waals surface area contributed by atoms with Gasteiger partial charge >= 0.3 is 0 Å². The molecule has 5 rings (SSSR count). The molecule has 7 heteroatoms. The predicted molar refractivity (Wildman–Crippen MR) is 106 cm³/mol. The predicted octanol–water partition coefficient (Wildman–Crippen LogP) is 4.00. The number of fused-ring (bicyclic) bond motifs is 2. The number of rotatable bonds is 4. The number of H-pyrrole nitrogens is 1. The van der Waals surface area contributed by atoms with E-state index in [0.717, 1.165) is 34.5 Å². The molecular formula is C20H23N7. The molecule has 0 radical (unpaired) electrons. The number of nitrogens with one attached hydrogen (secondary N) is 2. The van der Waals surface area contributed by atoms with Crippen LogP contribution in [0.4, 0.5) is 5.95 Å². The second-order valence-corrected chi connectivity index (χ2v) is 8.53. The second kappa shape index (κ2) is 5.77. The van der Waals surface area contributed by atoms with Crippen molar-refractivity contribution in [2.75, 3.05) is 11.9 Å². The summed E-state index contributed by atoms with van der Waals surface area (Å²) >= 11 is 0. The zero-order valence-electron chi connectivity index (χ0n) is 15.8. The first-order chi connectivity index (χ1) is 13.0. The van der Waals surface area contributed by atoms with Gasteiger partial charge in [-0.15, -0.1) is 0 Å². The highest BCUT2D eigenvalue weighted by atomic mass is 15.2. The molecule has 0 unspecified atom stereocenters. The summed E-state index contributed by atoms with van der Waals surface area (Å²) < 4.78 is 1.86. The highest BCUT2D eigenvalue weighted by Crippen LogP contribution is 2.41. The molecule has 1 fully saturated rings. The van der Waals surface area contributed by atoms with Gasteiger partial charge in [0.1, 0.15) is 5.65 Å². The van der Waals surface area contributed by atoms with E-state index >= 15 is 0 Å². The normalized spacial score (nSPS) is 14.9. The Labute approximate surface area is 157 Å². The molecular weight excluding hydrogens is 338 g/mol. The van der Waals surface area contributed by atoms with E-state index in [2.05, 4.69) is 46.1 Å². The summed E-state index contributed by atoms with van der Waals surface area (Å²) in [5, 5.41) is 8.71. The van der Waals surface area contributed by atoms with Crippen molar-refractivity contribution < 1.29 is 0 Å². The third-order valence-corrected chi connectivity index (χ3v) is 4.90. The van der Waals surface area contributed by atoms with Gasteiger partial charge < -0.3 is 10.3 Å². The Morgan fingerprint density at radius 1 is 1.22 bits per heavy atom. The largest absolute Gasteiger partial charge is 0.354 e. The van der Waals surface area contributed by atoms with Crippen molar-refractivity contribution >= 4 is 22.6 Å². The fourth-order valence-corrected chi connectivity index (χ4v) is 3.27. The molecule has 4 heterocycles. The summed E-state index contributed by atoms with van der Waals surface area (Å²) in [7, 11) is 0. The molecule has 0 atom stereocenters. The van der Waals surface area contributed by atoms with E-state index in [1.807, 2.05) is 35.4 Å². The van der Waals surface area contributed by atoms with Gasteiger partial charge in [0.05, 0.1) is 11.9 Å². The van der Waals surface area contributed by atoms with Crippen LogP contribution in [0.5, 0.6) is 0 Å². The molecule has 0 saturated heterocycles. The van der Waals surface area contributed by atoms with Crippen molar-refractivity contribution in [1.29, 1.82) is 0 Å². The van der Waals surface area contributed by atoms with Crippen LogP contribution in [-0.4, -0.2) is 36.1 Å². The number of hydrogen-bond acceptors (Lipinski definition) is 5. The van der Waals surface area contributed by atoms with Crippen LogP contribution in [0.25, 0.3) is 27.9 Å². The Hall–Kier alpha value is -2.96. The Kier molecular flexibility index (Phi) is 3.47. The molecule has 0 bridgehead atoms. The molecule has 138 valence electrons. The van der Waals surface area contributed by atoms with E-state index in [1.165, 1.54) is 18.4 Å². The van der Waals surface area contributed by atoms with Crippen molar-refractivity contribution in [3.05, 3.63) is 36.4 Å². The van der Waals surface area contributed by atoms with Crippen molar-refractivity contribution in [1.82, 2.24) is 29.5 Å². The standard InChI is InChI=1S/C20H23N7/c1-20(2,3)11-23-19-22-9-15-14(8-21-17(15)26-19)16-6-7-27-18(25-16)13(10-24-27)12-4-5-12/h6-10,12H,4-5,11H2,1-3H3,(H2,21,22,23,26). The van der Waals surface area contributed by atoms with Crippen LogP contribution < -0.4 is 5.32 Å². The molecule has 4 aromatic rings. The van der Waals surface area contributed by atoms with Gasteiger partial charge in [-0.3, -0.25) is 0 Å². The maximum atomic E-state index is 4.89. The van der Waals surface area contributed by atoms with Crippen molar-refractivity contribution in [2.24, 2.45) is 5.41 Å². The smallest absolute Gasteiger partial charge is 0.224 e. The van der Waals surface area contributed by atoms with Crippen LogP contribution in [0.1, 0.15) is 45.1 Å². The third kappa shape index (κ3) is 3.03. The first-order valence-electron chi connectivity index (χ1n) is 9.41. The van der Waals surface area contributed by atoms with Crippen LogP contribution in [0.15, 0.2) is 30.9 Å². The molecule has 7 nitrogen and oxygen atoms in total. The number of aromatic amines is 1. The Bertz CT molecular complexity index is 1130. The van der Waals surface area contributed by atoms with Gasteiger partial charge in [-0.05, 0) is 30.2 Å². The van der Waals surface area contributed by atoms with Crippen molar-refractivity contribution in [2.45, 2.75) is 39.5 Å². The highest BCUT2D eigenvalue weighted by Gasteiger charge is 2.27. The van der Waals surface area contributed by atoms with Gasteiger partial charge in [-0.2, -0.15) is 10.1 Å². The van der Waals surface area contributed by atoms with Crippen LogP contribution in [0.3, 0.4) is 0 Å². The number of hydrogen-bond donors (Lipinski definition) is 2. The lowest BCUT2D eigenvalue weighted by Gasteiger charge is -2.18. The molecule has 0 spiro atoms. The summed E-state index contributed by atoms with van der Waals surface area (Å²) in [5.41, 5.74) is 5.11. The first kappa shape index (κ1) is 16.2. The summed E-state index contributed by atoms with van der Waals surface area (Å²) in [6, 6.07) is 1.99. The van der Waals surface area contributed by atoms with Gasteiger partial charge in [0.15, 0.2) is 5.65 Å². The third-order valence-electron chi connectivity index (χ3n) is 4.90. The SMILES string of the molecule is CC(C)(C)CNc1ncc2c(-c3ccn4ncc(C5CC5)c4n3)c[nH]c2n1. The van der Waals surface area contributed by atoms with E-state index in [0.29, 0.717) is 11.9 Å². The summed E-state index contributed by atoms with van der Waals surface area (Å²) in [5.74, 6) is 1.26. The van der Waals surface area contributed by atoms with Crippen LogP contribution in [0.2, 0.25) is 0 Å². The average molecular weight is 361 g/mol. The van der Waals surface area contributed by atoms with Gasteiger partial charge in [0.25, 0.3) is 0 Å². The lowest BCUT2D eigenvalue weighted by molar-refractivity contribution is 0.442. The van der Waals surface area contributed by atoms with E-state index < -0.39 is 0 Å². The number of nitrogens with zero attached hydrogens (tertiary/aromatic N) is 5. The molecule has 1 aliphatic carbocycles. The Morgan fingerprint density at radius 2 is 2.07 bits per heavy atom. The summed E-state index contributed by atoms with van der Waals surface area (Å²) in [6.45, 7) is 7.35. The average Bonchev–Trinajstić information content (AvgIpc) is 3.26. The molecule has 4 aromatic heterocycles. The van der Waals surface area contributed by atoms with Gasteiger partial charge in [-0.25, -0.2) is 14.5 Å². The van der Waals surface area contributed by atoms with Gasteiger partial charge in [0.2, 0.25) is 5.95 Å². The maximum Gasteiger partial charge on any atom is 0.224 e. The zero-order chi connectivity index (χ0) is 18.6. The Balaban J connectivity index is 1.51. The fraction of sp³-hybridized carbons (Fsp3) is 0.400. The second-order valence-electron chi connectivity index (χ2n) is 8.53. The quantitative estimate of drug-likeness (QED) is 0.574. The molecule has 1 saturated carbocycles. The van der Waals surface area contributed by atoms with Crippen LogP contribution >= 0.6 is 0 Å². The van der Waals surface area contributed by atoms with Gasteiger partial charge in [-0.1, -0.05) is 20.8 Å². The number of anilines is 1. The summed E-state index contributed by atoms with van der Waals surface area (Å²) in [6.07, 6.45) is 10.2. The molecule has 1 aliphatic rings.